The Bertz CT molecular complexity index is 1720. The van der Waals surface area contributed by atoms with E-state index in [1.54, 1.807) is 12.1 Å². The number of rotatable bonds is 9. The quantitative estimate of drug-likeness (QED) is 0.103. The molecule has 1 aliphatic heterocycles. The van der Waals surface area contributed by atoms with Crippen molar-refractivity contribution in [2.24, 2.45) is 0 Å². The number of hydrogen-bond acceptors (Lipinski definition) is 7. The van der Waals surface area contributed by atoms with Crippen LogP contribution in [0.25, 0.3) is 0 Å². The molecule has 4 rings (SSSR count). The topological polar surface area (TPSA) is 93.7 Å². The molecular weight excluding hydrogens is 670 g/mol. The fraction of sp³-hybridized carbons (Fsp3) is 0.400. The molecule has 2 N–H and O–H groups in total. The van der Waals surface area contributed by atoms with Gasteiger partial charge in [-0.1, -0.05) is 63.2 Å². The highest BCUT2D eigenvalue weighted by molar-refractivity contribution is 6.74. The molecule has 3 aromatic carbocycles. The van der Waals surface area contributed by atoms with E-state index in [0.717, 1.165) is 36.4 Å². The molecule has 0 aliphatic carbocycles. The second-order valence-electron chi connectivity index (χ2n) is 13.4. The van der Waals surface area contributed by atoms with Crippen molar-refractivity contribution in [2.75, 3.05) is 13.7 Å². The van der Waals surface area contributed by atoms with Gasteiger partial charge >= 0.3 is 18.3 Å². The molecule has 0 spiro atoms. The zero-order chi connectivity index (χ0) is 36.5. The molecule has 0 aromatic heterocycles. The monoisotopic (exact) mass is 708 g/mol. The average molecular weight is 709 g/mol. The predicted octanol–water partition coefficient (Wildman–Crippen LogP) is 7.50. The van der Waals surface area contributed by atoms with Gasteiger partial charge in [0.25, 0.3) is 8.32 Å². The highest BCUT2D eigenvalue weighted by atomic mass is 28.4. The number of methoxy groups -OCH3 is 1. The summed E-state index contributed by atoms with van der Waals surface area (Å²) in [6.45, 7) is 9.77. The van der Waals surface area contributed by atoms with Crippen LogP contribution in [0.1, 0.15) is 68.5 Å². The van der Waals surface area contributed by atoms with Crippen molar-refractivity contribution in [1.82, 2.24) is 10.6 Å². The van der Waals surface area contributed by atoms with Gasteiger partial charge in [-0.05, 0) is 54.4 Å². The lowest BCUT2D eigenvalue weighted by atomic mass is 9.86. The molecule has 1 aliphatic rings. The van der Waals surface area contributed by atoms with Gasteiger partial charge in [0.15, 0.2) is 11.6 Å². The number of halogens is 6. The van der Waals surface area contributed by atoms with E-state index in [4.69, 9.17) is 9.16 Å². The molecular formula is C35H38F6N2O5Si. The van der Waals surface area contributed by atoms with Crippen molar-refractivity contribution in [2.45, 2.75) is 75.8 Å². The van der Waals surface area contributed by atoms with Crippen molar-refractivity contribution in [3.8, 4) is 5.75 Å². The van der Waals surface area contributed by atoms with E-state index in [0.29, 0.717) is 5.56 Å². The van der Waals surface area contributed by atoms with Crippen LogP contribution in [-0.4, -0.2) is 57.6 Å². The van der Waals surface area contributed by atoms with Crippen molar-refractivity contribution in [1.29, 1.82) is 0 Å². The Hall–Kier alpha value is -4.01. The van der Waals surface area contributed by atoms with Crippen molar-refractivity contribution >= 4 is 25.9 Å². The summed E-state index contributed by atoms with van der Waals surface area (Å²) in [4.78, 5) is 40.1. The summed E-state index contributed by atoms with van der Waals surface area (Å²) in [6, 6.07) is 9.27. The summed E-state index contributed by atoms with van der Waals surface area (Å²) in [7, 11) is -1.27. The Morgan fingerprint density at radius 2 is 1.33 bits per heavy atom. The summed E-state index contributed by atoms with van der Waals surface area (Å²) < 4.78 is 94.7. The molecule has 49 heavy (non-hydrogen) atoms. The van der Waals surface area contributed by atoms with Crippen LogP contribution in [0.5, 0.6) is 5.75 Å². The van der Waals surface area contributed by atoms with Gasteiger partial charge in [-0.3, -0.25) is 14.9 Å². The van der Waals surface area contributed by atoms with E-state index in [2.05, 4.69) is 10.6 Å². The van der Waals surface area contributed by atoms with Crippen molar-refractivity contribution in [3.05, 3.63) is 100 Å². The summed E-state index contributed by atoms with van der Waals surface area (Å²) in [5.74, 6) is -2.39. The summed E-state index contributed by atoms with van der Waals surface area (Å²) in [6.07, 6.45) is -9.73. The lowest BCUT2D eigenvalue weighted by Crippen LogP contribution is -2.66. The van der Waals surface area contributed by atoms with E-state index in [-0.39, 0.29) is 29.3 Å². The predicted molar refractivity (Wildman–Crippen MR) is 173 cm³/mol. The third-order valence-corrected chi connectivity index (χ3v) is 13.4. The number of carbonyl (C=O) groups excluding carboxylic acids is 3. The van der Waals surface area contributed by atoms with Gasteiger partial charge in [0.1, 0.15) is 11.3 Å². The lowest BCUT2D eigenvalue weighted by Gasteiger charge is -2.38. The van der Waals surface area contributed by atoms with Crippen LogP contribution in [0.4, 0.5) is 26.3 Å². The maximum Gasteiger partial charge on any atom is 0.417 e. The molecule has 14 heteroatoms. The second-order valence-corrected chi connectivity index (χ2v) is 18.1. The normalized spacial score (nSPS) is 18.9. The average Bonchev–Trinajstić information content (AvgIpc) is 3.02. The second kappa shape index (κ2) is 14.1. The number of nitrogens with one attached hydrogen (secondary N) is 2. The molecule has 1 heterocycles. The third-order valence-electron chi connectivity index (χ3n) is 9.04. The number of ketones is 2. The fourth-order valence-electron chi connectivity index (χ4n) is 5.38. The van der Waals surface area contributed by atoms with Gasteiger partial charge in [0, 0.05) is 23.7 Å². The standard InChI is InChI=1S/C35H38F6N2O5Si/c1-33(2,3)49(5,6)48-28-18-20(15-16-23(28)32(46)47-4)17-26-29(31(45)22-12-8-10-14-25(22)35(39,40)41)43-27(19-42-26)30(44)21-11-7-9-13-24(21)34(36,37)38/h7-16,18,26-27,29,42-43H,17,19H2,1-6H3/t26-,27?,29?/m1/s1. The van der Waals surface area contributed by atoms with E-state index < -0.39 is 78.6 Å². The molecule has 1 fully saturated rings. The lowest BCUT2D eigenvalue weighted by molar-refractivity contribution is -0.138. The van der Waals surface area contributed by atoms with Crippen LogP contribution < -0.4 is 15.1 Å². The Kier molecular flexibility index (Phi) is 10.9. The van der Waals surface area contributed by atoms with Crippen molar-refractivity contribution in [3.63, 3.8) is 0 Å². The number of esters is 1. The molecule has 0 bridgehead atoms. The number of carbonyl (C=O) groups is 3. The molecule has 3 aromatic rings. The van der Waals surface area contributed by atoms with Gasteiger partial charge in [0.05, 0.1) is 30.3 Å². The fourth-order valence-corrected chi connectivity index (χ4v) is 6.40. The van der Waals surface area contributed by atoms with E-state index in [1.165, 1.54) is 25.3 Å². The minimum absolute atomic E-state index is 0.00690. The minimum atomic E-state index is -4.88. The first-order valence-corrected chi connectivity index (χ1v) is 18.4. The number of hydrogen-bond donors (Lipinski definition) is 2. The van der Waals surface area contributed by atoms with Gasteiger partial charge in [0.2, 0.25) is 0 Å². The van der Waals surface area contributed by atoms with E-state index in [9.17, 15) is 40.7 Å². The van der Waals surface area contributed by atoms with Crippen LogP contribution in [0.2, 0.25) is 18.1 Å². The molecule has 0 saturated carbocycles. The van der Waals surface area contributed by atoms with Gasteiger partial charge in [-0.15, -0.1) is 0 Å². The molecule has 1 saturated heterocycles. The highest BCUT2D eigenvalue weighted by Crippen LogP contribution is 2.39. The highest BCUT2D eigenvalue weighted by Gasteiger charge is 2.44. The Morgan fingerprint density at radius 1 is 0.796 bits per heavy atom. The Labute approximate surface area is 281 Å². The summed E-state index contributed by atoms with van der Waals surface area (Å²) in [5, 5.41) is 5.58. The maximum absolute atomic E-state index is 14.0. The van der Waals surface area contributed by atoms with Gasteiger partial charge < -0.3 is 14.5 Å². The largest absolute Gasteiger partial charge is 0.543 e. The minimum Gasteiger partial charge on any atom is -0.543 e. The summed E-state index contributed by atoms with van der Waals surface area (Å²) in [5.41, 5.74) is -2.97. The SMILES string of the molecule is COC(=O)c1ccc(C[C@H]2NCC(C(=O)c3ccccc3C(F)(F)F)NC2C(=O)c2ccccc2C(F)(F)F)cc1O[Si](C)(C)C(C)(C)C. The number of benzene rings is 3. The Balaban J connectivity index is 1.75. The molecule has 3 atom stereocenters. The number of piperazine rings is 1. The van der Waals surface area contributed by atoms with Gasteiger partial charge in [-0.25, -0.2) is 4.79 Å². The van der Waals surface area contributed by atoms with Gasteiger partial charge in [-0.2, -0.15) is 26.3 Å². The molecule has 7 nitrogen and oxygen atoms in total. The molecule has 2 unspecified atom stereocenters. The summed E-state index contributed by atoms with van der Waals surface area (Å²) >= 11 is 0. The number of Topliss-reactive ketones (excluding diaryl/α,β-unsaturated/α-hetero) is 2. The first-order chi connectivity index (χ1) is 22.7. The Morgan fingerprint density at radius 3 is 1.84 bits per heavy atom. The first-order valence-electron chi connectivity index (χ1n) is 15.5. The third kappa shape index (κ3) is 8.42. The zero-order valence-corrected chi connectivity index (χ0v) is 28.8. The number of ether oxygens (including phenoxy) is 1. The molecule has 264 valence electrons. The van der Waals surface area contributed by atoms with E-state index >= 15 is 0 Å². The van der Waals surface area contributed by atoms with Crippen LogP contribution in [0.15, 0.2) is 66.7 Å². The van der Waals surface area contributed by atoms with Crippen molar-refractivity contribution < 1.29 is 49.9 Å². The maximum atomic E-state index is 14.0. The van der Waals surface area contributed by atoms with Crippen LogP contribution in [0.3, 0.4) is 0 Å². The molecule has 0 amide bonds. The smallest absolute Gasteiger partial charge is 0.417 e. The number of alkyl halides is 6. The van der Waals surface area contributed by atoms with E-state index in [1.807, 2.05) is 33.9 Å². The molecule has 0 radical (unpaired) electrons. The van der Waals surface area contributed by atoms with Crippen LogP contribution in [0, 0.1) is 0 Å². The van der Waals surface area contributed by atoms with Crippen LogP contribution in [-0.2, 0) is 23.5 Å². The zero-order valence-electron chi connectivity index (χ0n) is 27.8. The first kappa shape index (κ1) is 37.8. The van der Waals surface area contributed by atoms with Crippen LogP contribution >= 0.6 is 0 Å².